The van der Waals surface area contributed by atoms with Crippen LogP contribution in [-0.2, 0) is 10.0 Å². The van der Waals surface area contributed by atoms with E-state index < -0.39 is 15.9 Å². The summed E-state index contributed by atoms with van der Waals surface area (Å²) in [6.07, 6.45) is 0. The Morgan fingerprint density at radius 3 is 2.43 bits per heavy atom. The summed E-state index contributed by atoms with van der Waals surface area (Å²) in [6.45, 7) is 0. The van der Waals surface area contributed by atoms with Crippen LogP contribution in [0.4, 0.5) is 11.4 Å². The van der Waals surface area contributed by atoms with Gasteiger partial charge in [-0.1, -0.05) is 23.7 Å². The van der Waals surface area contributed by atoms with Gasteiger partial charge in [-0.3, -0.25) is 4.79 Å². The Kier molecular flexibility index (Phi) is 4.17. The first-order valence-corrected chi connectivity index (χ1v) is 7.69. The molecule has 0 fully saturated rings. The Bertz CT molecular complexity index is 786. The molecule has 0 saturated carbocycles. The van der Waals surface area contributed by atoms with Crippen LogP contribution >= 0.6 is 11.6 Å². The summed E-state index contributed by atoms with van der Waals surface area (Å²) in [5.41, 5.74) is 6.23. The minimum absolute atomic E-state index is 0.0866. The number of anilines is 2. The first-order chi connectivity index (χ1) is 9.77. The molecule has 0 aliphatic carbocycles. The van der Waals surface area contributed by atoms with Crippen molar-refractivity contribution in [2.45, 2.75) is 4.90 Å². The fourth-order valence-corrected chi connectivity index (χ4v) is 2.69. The van der Waals surface area contributed by atoms with Crippen LogP contribution < -0.4 is 16.2 Å². The van der Waals surface area contributed by atoms with Crippen molar-refractivity contribution >= 4 is 38.9 Å². The van der Waals surface area contributed by atoms with E-state index in [9.17, 15) is 13.2 Å². The van der Waals surface area contributed by atoms with E-state index in [-0.39, 0.29) is 16.1 Å². The molecule has 0 atom stereocenters. The Morgan fingerprint density at radius 1 is 1.14 bits per heavy atom. The maximum absolute atomic E-state index is 12.1. The molecule has 21 heavy (non-hydrogen) atoms. The molecule has 1 amide bonds. The Hall–Kier alpha value is -2.09. The summed E-state index contributed by atoms with van der Waals surface area (Å²) in [5, 5.41) is 7.88. The highest BCUT2D eigenvalue weighted by molar-refractivity contribution is 7.89. The highest BCUT2D eigenvalue weighted by Crippen LogP contribution is 2.22. The third-order valence-electron chi connectivity index (χ3n) is 2.62. The van der Waals surface area contributed by atoms with Gasteiger partial charge in [-0.25, -0.2) is 13.6 Å². The van der Waals surface area contributed by atoms with Crippen LogP contribution in [0.25, 0.3) is 0 Å². The molecule has 0 aliphatic heterocycles. The van der Waals surface area contributed by atoms with Crippen molar-refractivity contribution in [3.8, 4) is 0 Å². The molecule has 8 heteroatoms. The number of nitrogens with two attached hydrogens (primary N) is 2. The molecule has 0 saturated heterocycles. The van der Waals surface area contributed by atoms with E-state index >= 15 is 0 Å². The number of primary sulfonamides is 1. The van der Waals surface area contributed by atoms with Crippen LogP contribution in [0, 0.1) is 0 Å². The molecule has 5 N–H and O–H groups in total. The van der Waals surface area contributed by atoms with Crippen molar-refractivity contribution in [3.63, 3.8) is 0 Å². The van der Waals surface area contributed by atoms with E-state index in [1.807, 2.05) is 0 Å². The molecule has 0 aliphatic rings. The molecule has 0 radical (unpaired) electrons. The number of amides is 1. The maximum Gasteiger partial charge on any atom is 0.255 e. The van der Waals surface area contributed by atoms with Crippen molar-refractivity contribution in [1.82, 2.24) is 0 Å². The van der Waals surface area contributed by atoms with Crippen molar-refractivity contribution in [3.05, 3.63) is 53.1 Å². The molecule has 0 bridgehead atoms. The van der Waals surface area contributed by atoms with E-state index in [4.69, 9.17) is 22.5 Å². The fourth-order valence-electron chi connectivity index (χ4n) is 1.76. The second-order valence-corrected chi connectivity index (χ2v) is 6.23. The second-order valence-electron chi connectivity index (χ2n) is 4.27. The summed E-state index contributed by atoms with van der Waals surface area (Å²) < 4.78 is 22.9. The zero-order valence-electron chi connectivity index (χ0n) is 10.7. The molecule has 110 valence electrons. The summed E-state index contributed by atoms with van der Waals surface area (Å²) in [6, 6.07) is 10.2. The van der Waals surface area contributed by atoms with E-state index in [0.717, 1.165) is 0 Å². The number of hydrogen-bond acceptors (Lipinski definition) is 4. The second kappa shape index (κ2) is 5.72. The summed E-state index contributed by atoms with van der Waals surface area (Å²) >= 11 is 5.83. The van der Waals surface area contributed by atoms with Gasteiger partial charge < -0.3 is 11.1 Å². The lowest BCUT2D eigenvalue weighted by Gasteiger charge is -2.10. The Morgan fingerprint density at radius 2 is 1.81 bits per heavy atom. The first-order valence-electron chi connectivity index (χ1n) is 5.76. The molecular weight excluding hydrogens is 314 g/mol. The van der Waals surface area contributed by atoms with Crippen molar-refractivity contribution in [2.24, 2.45) is 5.14 Å². The molecule has 0 aromatic heterocycles. The average molecular weight is 326 g/mol. The lowest BCUT2D eigenvalue weighted by Crippen LogP contribution is -2.18. The number of hydrogen-bond donors (Lipinski definition) is 3. The van der Waals surface area contributed by atoms with Gasteiger partial charge in [-0.15, -0.1) is 0 Å². The Labute approximate surface area is 126 Å². The number of benzene rings is 2. The standard InChI is InChI=1S/C13H12ClN3O3S/c14-9-5-8(6-10(15)7-9)13(18)17-11-3-1-2-4-12(11)21(16,19)20/h1-7H,15H2,(H,17,18)(H2,16,19,20). The quantitative estimate of drug-likeness (QED) is 0.746. The number of para-hydroxylation sites is 1. The third kappa shape index (κ3) is 3.72. The maximum atomic E-state index is 12.1. The third-order valence-corrected chi connectivity index (χ3v) is 3.81. The van der Waals surface area contributed by atoms with Gasteiger partial charge in [0.05, 0.1) is 5.69 Å². The summed E-state index contributed by atoms with van der Waals surface area (Å²) in [5.74, 6) is -0.541. The summed E-state index contributed by atoms with van der Waals surface area (Å²) in [7, 11) is -3.94. The van der Waals surface area contributed by atoms with Crippen LogP contribution in [0.3, 0.4) is 0 Å². The van der Waals surface area contributed by atoms with E-state index in [1.54, 1.807) is 6.07 Å². The van der Waals surface area contributed by atoms with Gasteiger partial charge in [0.1, 0.15) is 4.90 Å². The molecule has 6 nitrogen and oxygen atoms in total. The minimum atomic E-state index is -3.94. The smallest absolute Gasteiger partial charge is 0.255 e. The van der Waals surface area contributed by atoms with Crippen LogP contribution in [-0.4, -0.2) is 14.3 Å². The first kappa shape index (κ1) is 15.3. The highest BCUT2D eigenvalue weighted by atomic mass is 35.5. The molecule has 0 unspecified atom stereocenters. The molecule has 0 spiro atoms. The van der Waals surface area contributed by atoms with Crippen LogP contribution in [0.5, 0.6) is 0 Å². The zero-order valence-corrected chi connectivity index (χ0v) is 12.3. The number of nitrogens with one attached hydrogen (secondary N) is 1. The van der Waals surface area contributed by atoms with E-state index in [1.165, 1.54) is 36.4 Å². The number of sulfonamides is 1. The largest absolute Gasteiger partial charge is 0.399 e. The SMILES string of the molecule is Nc1cc(Cl)cc(C(=O)Nc2ccccc2S(N)(=O)=O)c1. The number of carbonyl (C=O) groups is 1. The number of carbonyl (C=O) groups excluding carboxylic acids is 1. The van der Waals surface area contributed by atoms with Gasteiger partial charge in [0.25, 0.3) is 5.91 Å². The predicted molar refractivity (Wildman–Crippen MR) is 81.6 cm³/mol. The van der Waals surface area contributed by atoms with E-state index in [0.29, 0.717) is 10.7 Å². The van der Waals surface area contributed by atoms with Crippen LogP contribution in [0.2, 0.25) is 5.02 Å². The Balaban J connectivity index is 2.37. The van der Waals surface area contributed by atoms with Crippen LogP contribution in [0.15, 0.2) is 47.4 Å². The van der Waals surface area contributed by atoms with Gasteiger partial charge in [-0.2, -0.15) is 0 Å². The number of rotatable bonds is 3. The molecular formula is C13H12ClN3O3S. The van der Waals surface area contributed by atoms with Crippen molar-refractivity contribution in [2.75, 3.05) is 11.1 Å². The summed E-state index contributed by atoms with van der Waals surface area (Å²) in [4.78, 5) is 12.0. The monoisotopic (exact) mass is 325 g/mol. The van der Waals surface area contributed by atoms with Gasteiger partial charge in [0.2, 0.25) is 10.0 Å². The molecule has 2 aromatic carbocycles. The fraction of sp³-hybridized carbons (Fsp3) is 0. The van der Waals surface area contributed by atoms with Gasteiger partial charge in [0.15, 0.2) is 0 Å². The molecule has 2 rings (SSSR count). The van der Waals surface area contributed by atoms with E-state index in [2.05, 4.69) is 5.32 Å². The zero-order chi connectivity index (χ0) is 15.6. The average Bonchev–Trinajstić information content (AvgIpc) is 2.37. The molecule has 0 heterocycles. The number of nitrogen functional groups attached to an aromatic ring is 1. The van der Waals surface area contributed by atoms with Crippen molar-refractivity contribution in [1.29, 1.82) is 0 Å². The van der Waals surface area contributed by atoms with Gasteiger partial charge >= 0.3 is 0 Å². The topological polar surface area (TPSA) is 115 Å². The van der Waals surface area contributed by atoms with Crippen molar-refractivity contribution < 1.29 is 13.2 Å². The number of halogens is 1. The highest BCUT2D eigenvalue weighted by Gasteiger charge is 2.16. The predicted octanol–water partition coefficient (Wildman–Crippen LogP) is 1.82. The minimum Gasteiger partial charge on any atom is -0.399 e. The normalized spacial score (nSPS) is 11.1. The van der Waals surface area contributed by atoms with Gasteiger partial charge in [-0.05, 0) is 30.3 Å². The van der Waals surface area contributed by atoms with Gasteiger partial charge in [0, 0.05) is 16.3 Å². The lowest BCUT2D eigenvalue weighted by molar-refractivity contribution is 0.102. The molecule has 2 aromatic rings. The lowest BCUT2D eigenvalue weighted by atomic mass is 10.2. The van der Waals surface area contributed by atoms with Crippen LogP contribution in [0.1, 0.15) is 10.4 Å².